The molecule has 1 heterocycles. The van der Waals surface area contributed by atoms with Gasteiger partial charge < -0.3 is 25.8 Å². The monoisotopic (exact) mass is 433 g/mol. The number of rotatable bonds is 11. The maximum atomic E-state index is 12.8. The second-order valence-corrected chi connectivity index (χ2v) is 8.63. The molecule has 2 rings (SSSR count). The van der Waals surface area contributed by atoms with Crippen LogP contribution in [-0.4, -0.2) is 54.4 Å². The predicted octanol–water partition coefficient (Wildman–Crippen LogP) is 1.76. The lowest BCUT2D eigenvalue weighted by atomic mass is 9.97. The highest BCUT2D eigenvalue weighted by Gasteiger charge is 2.30. The lowest BCUT2D eigenvalue weighted by Gasteiger charge is -2.25. The van der Waals surface area contributed by atoms with Gasteiger partial charge in [-0.1, -0.05) is 44.2 Å². The summed E-state index contributed by atoms with van der Waals surface area (Å²) >= 11 is 0. The predicted molar refractivity (Wildman–Crippen MR) is 117 cm³/mol. The van der Waals surface area contributed by atoms with Crippen LogP contribution in [0.15, 0.2) is 30.3 Å². The maximum Gasteiger partial charge on any atom is 0.408 e. The molecule has 1 fully saturated rings. The van der Waals surface area contributed by atoms with E-state index in [4.69, 9.17) is 4.74 Å². The third kappa shape index (κ3) is 8.57. The molecule has 172 valence electrons. The van der Waals surface area contributed by atoms with E-state index in [1.54, 1.807) is 6.92 Å². The van der Waals surface area contributed by atoms with E-state index in [0.717, 1.165) is 5.56 Å². The fourth-order valence-corrected chi connectivity index (χ4v) is 3.74. The molecule has 0 bridgehead atoms. The lowest BCUT2D eigenvalue weighted by Crippen LogP contribution is -2.52. The molecule has 0 aromatic heterocycles. The Morgan fingerprint density at radius 1 is 1.19 bits per heavy atom. The van der Waals surface area contributed by atoms with Crippen LogP contribution in [0.1, 0.15) is 45.6 Å². The number of hydrogen-bond donors (Lipinski definition) is 4. The van der Waals surface area contributed by atoms with Gasteiger partial charge in [0.15, 0.2) is 0 Å². The summed E-state index contributed by atoms with van der Waals surface area (Å²) in [5.74, 6) is -0.511. The number of hydrogen-bond acceptors (Lipinski definition) is 5. The molecule has 1 saturated heterocycles. The Morgan fingerprint density at radius 3 is 2.48 bits per heavy atom. The second-order valence-electron chi connectivity index (χ2n) is 8.63. The summed E-state index contributed by atoms with van der Waals surface area (Å²) in [6.45, 7) is 6.05. The van der Waals surface area contributed by atoms with Gasteiger partial charge in [0.1, 0.15) is 12.1 Å². The standard InChI is InChI=1S/C23H35N3O5/c1-15(2)11-20(22(29)25-19(14-27)13-18-9-10-24-21(18)28)26-23(30)31-16(3)12-17-7-5-4-6-8-17/h4-8,15-16,18-20,27H,9-14H2,1-3H3,(H,24,28)(H,25,29)(H,26,30)/t16?,18-,19-,20-/m0/s1. The van der Waals surface area contributed by atoms with Gasteiger partial charge in [0.25, 0.3) is 0 Å². The molecule has 1 aliphatic rings. The fraction of sp³-hybridized carbons (Fsp3) is 0.609. The van der Waals surface area contributed by atoms with Crippen molar-refractivity contribution < 1.29 is 24.2 Å². The van der Waals surface area contributed by atoms with Gasteiger partial charge in [-0.25, -0.2) is 4.79 Å². The highest BCUT2D eigenvalue weighted by molar-refractivity contribution is 5.86. The van der Waals surface area contributed by atoms with Crippen molar-refractivity contribution in [1.29, 1.82) is 0 Å². The Labute approximate surface area is 184 Å². The number of aliphatic hydroxyl groups excluding tert-OH is 1. The molecule has 4 atom stereocenters. The molecule has 8 nitrogen and oxygen atoms in total. The minimum Gasteiger partial charge on any atom is -0.446 e. The van der Waals surface area contributed by atoms with E-state index in [2.05, 4.69) is 16.0 Å². The number of carbonyl (C=O) groups is 3. The van der Waals surface area contributed by atoms with Crippen molar-refractivity contribution in [2.75, 3.05) is 13.2 Å². The third-order valence-corrected chi connectivity index (χ3v) is 5.29. The van der Waals surface area contributed by atoms with Gasteiger partial charge in [-0.15, -0.1) is 0 Å². The van der Waals surface area contributed by atoms with Crippen molar-refractivity contribution in [3.05, 3.63) is 35.9 Å². The molecular weight excluding hydrogens is 398 g/mol. The Morgan fingerprint density at radius 2 is 1.90 bits per heavy atom. The van der Waals surface area contributed by atoms with E-state index in [1.807, 2.05) is 44.2 Å². The van der Waals surface area contributed by atoms with Crippen LogP contribution >= 0.6 is 0 Å². The summed E-state index contributed by atoms with van der Waals surface area (Å²) in [5.41, 5.74) is 1.06. The van der Waals surface area contributed by atoms with Crippen LogP contribution in [0, 0.1) is 11.8 Å². The molecule has 0 spiro atoms. The highest BCUT2D eigenvalue weighted by Crippen LogP contribution is 2.16. The zero-order valence-electron chi connectivity index (χ0n) is 18.6. The first kappa shape index (κ1) is 24.7. The normalized spacial score (nSPS) is 18.7. The third-order valence-electron chi connectivity index (χ3n) is 5.29. The Balaban J connectivity index is 1.90. The number of aliphatic hydroxyl groups is 1. The minimum atomic E-state index is -0.789. The first-order valence-electron chi connectivity index (χ1n) is 11.0. The van der Waals surface area contributed by atoms with Crippen LogP contribution in [0.5, 0.6) is 0 Å². The first-order chi connectivity index (χ1) is 14.8. The van der Waals surface area contributed by atoms with Crippen LogP contribution in [0.2, 0.25) is 0 Å². The summed E-state index contributed by atoms with van der Waals surface area (Å²) in [7, 11) is 0. The van der Waals surface area contributed by atoms with E-state index in [-0.39, 0.29) is 36.4 Å². The van der Waals surface area contributed by atoms with Gasteiger partial charge in [-0.05, 0) is 37.7 Å². The molecule has 8 heteroatoms. The average molecular weight is 434 g/mol. The smallest absolute Gasteiger partial charge is 0.408 e. The van der Waals surface area contributed by atoms with Crippen molar-refractivity contribution in [1.82, 2.24) is 16.0 Å². The molecule has 1 aromatic rings. The summed E-state index contributed by atoms with van der Waals surface area (Å²) in [4.78, 5) is 37.0. The van der Waals surface area contributed by atoms with Crippen LogP contribution < -0.4 is 16.0 Å². The van der Waals surface area contributed by atoms with Crippen molar-refractivity contribution in [2.45, 2.75) is 64.6 Å². The van der Waals surface area contributed by atoms with Gasteiger partial charge in [0.2, 0.25) is 11.8 Å². The van der Waals surface area contributed by atoms with Crippen molar-refractivity contribution in [3.8, 4) is 0 Å². The Bertz CT molecular complexity index is 725. The van der Waals surface area contributed by atoms with Gasteiger partial charge in [-0.3, -0.25) is 9.59 Å². The number of carbonyl (C=O) groups excluding carboxylic acids is 3. The van der Waals surface area contributed by atoms with E-state index in [9.17, 15) is 19.5 Å². The maximum absolute atomic E-state index is 12.8. The quantitative estimate of drug-likeness (QED) is 0.424. The van der Waals surface area contributed by atoms with Gasteiger partial charge in [0, 0.05) is 18.9 Å². The first-order valence-corrected chi connectivity index (χ1v) is 11.0. The molecule has 31 heavy (non-hydrogen) atoms. The second kappa shape index (κ2) is 12.3. The topological polar surface area (TPSA) is 117 Å². The van der Waals surface area contributed by atoms with Crippen LogP contribution in [0.25, 0.3) is 0 Å². The SMILES string of the molecule is CC(C)C[C@H](NC(=O)OC(C)Cc1ccccc1)C(=O)N[C@H](CO)C[C@@H]1CCNC1=O. The molecule has 0 aliphatic carbocycles. The molecule has 1 aliphatic heterocycles. The Kier molecular flexibility index (Phi) is 9.78. The number of amides is 3. The number of ether oxygens (including phenoxy) is 1. The van der Waals surface area contributed by atoms with Gasteiger partial charge in [-0.2, -0.15) is 0 Å². The summed E-state index contributed by atoms with van der Waals surface area (Å²) in [6.07, 6.45) is 1.05. The van der Waals surface area contributed by atoms with Gasteiger partial charge in [0.05, 0.1) is 12.6 Å². The van der Waals surface area contributed by atoms with Crippen molar-refractivity contribution >= 4 is 17.9 Å². The fourth-order valence-electron chi connectivity index (χ4n) is 3.74. The zero-order chi connectivity index (χ0) is 22.8. The molecule has 3 amide bonds. The molecule has 4 N–H and O–H groups in total. The Hall–Kier alpha value is -2.61. The van der Waals surface area contributed by atoms with E-state index in [1.165, 1.54) is 0 Å². The largest absolute Gasteiger partial charge is 0.446 e. The molecule has 1 unspecified atom stereocenters. The number of nitrogens with one attached hydrogen (secondary N) is 3. The van der Waals surface area contributed by atoms with E-state index in [0.29, 0.717) is 32.2 Å². The average Bonchev–Trinajstić information content (AvgIpc) is 3.11. The van der Waals surface area contributed by atoms with Crippen LogP contribution in [0.4, 0.5) is 4.79 Å². The van der Waals surface area contributed by atoms with Crippen molar-refractivity contribution in [3.63, 3.8) is 0 Å². The minimum absolute atomic E-state index is 0.0551. The zero-order valence-corrected chi connectivity index (χ0v) is 18.6. The summed E-state index contributed by atoms with van der Waals surface area (Å²) < 4.78 is 5.44. The highest BCUT2D eigenvalue weighted by atomic mass is 16.6. The summed E-state index contributed by atoms with van der Waals surface area (Å²) in [5, 5.41) is 17.9. The van der Waals surface area contributed by atoms with Crippen molar-refractivity contribution in [2.24, 2.45) is 11.8 Å². The number of benzene rings is 1. The number of alkyl carbamates (subject to hydrolysis) is 1. The van der Waals surface area contributed by atoms with Crippen LogP contribution in [0.3, 0.4) is 0 Å². The van der Waals surface area contributed by atoms with E-state index >= 15 is 0 Å². The molecule has 0 radical (unpaired) electrons. The molecule has 0 saturated carbocycles. The molecule has 1 aromatic carbocycles. The molecular formula is C23H35N3O5. The van der Waals surface area contributed by atoms with Crippen LogP contribution in [-0.2, 0) is 20.7 Å². The van der Waals surface area contributed by atoms with E-state index < -0.39 is 18.2 Å². The summed E-state index contributed by atoms with van der Waals surface area (Å²) in [6, 6.07) is 8.37. The van der Waals surface area contributed by atoms with Gasteiger partial charge >= 0.3 is 6.09 Å². The lowest BCUT2D eigenvalue weighted by molar-refractivity contribution is -0.126.